The molecule has 0 atom stereocenters. The molecule has 0 aliphatic carbocycles. The number of hydrogen-bond acceptors (Lipinski definition) is 3. The summed E-state index contributed by atoms with van der Waals surface area (Å²) in [6.45, 7) is 0.241. The van der Waals surface area contributed by atoms with Crippen molar-refractivity contribution in [1.29, 1.82) is 0 Å². The Kier molecular flexibility index (Phi) is 3.79. The molecule has 0 bridgehead atoms. The normalized spacial score (nSPS) is 10.3. The van der Waals surface area contributed by atoms with E-state index in [0.717, 1.165) is 0 Å². The molecule has 4 nitrogen and oxygen atoms in total. The molecule has 0 radical (unpaired) electrons. The topological polar surface area (TPSA) is 62.5 Å². The average Bonchev–Trinajstić information content (AvgIpc) is 2.73. The van der Waals surface area contributed by atoms with Gasteiger partial charge in [0.2, 0.25) is 0 Å². The average molecular weight is 286 g/mol. The van der Waals surface area contributed by atoms with Crippen LogP contribution in [-0.4, -0.2) is 11.1 Å². The van der Waals surface area contributed by atoms with Crippen molar-refractivity contribution in [2.75, 3.05) is 5.32 Å². The maximum atomic E-state index is 10.9. The van der Waals surface area contributed by atoms with Gasteiger partial charge in [0.05, 0.1) is 12.8 Å². The van der Waals surface area contributed by atoms with E-state index in [1.807, 2.05) is 0 Å². The minimum atomic E-state index is -1.02. The number of benzene rings is 1. The summed E-state index contributed by atoms with van der Waals surface area (Å²) in [4.78, 5) is 10.9. The molecule has 0 amide bonds. The van der Waals surface area contributed by atoms with Crippen molar-refractivity contribution in [1.82, 2.24) is 0 Å². The number of nitrogens with one attached hydrogen (secondary N) is 1. The van der Waals surface area contributed by atoms with E-state index < -0.39 is 5.97 Å². The van der Waals surface area contributed by atoms with Gasteiger partial charge in [-0.2, -0.15) is 0 Å². The van der Waals surface area contributed by atoms with Crippen LogP contribution in [0.2, 0.25) is 10.0 Å². The van der Waals surface area contributed by atoms with Gasteiger partial charge in [-0.3, -0.25) is 0 Å². The molecule has 2 aromatic rings. The Morgan fingerprint density at radius 1 is 1.28 bits per heavy atom. The Morgan fingerprint density at radius 3 is 2.56 bits per heavy atom. The fourth-order valence-corrected chi connectivity index (χ4v) is 2.03. The molecule has 1 aromatic carbocycles. The maximum Gasteiger partial charge on any atom is 0.339 e. The van der Waals surface area contributed by atoms with Gasteiger partial charge in [0.1, 0.15) is 11.3 Å². The molecule has 0 saturated heterocycles. The first kappa shape index (κ1) is 12.8. The van der Waals surface area contributed by atoms with Crippen LogP contribution in [-0.2, 0) is 6.54 Å². The molecule has 0 fully saturated rings. The molecule has 6 heteroatoms. The van der Waals surface area contributed by atoms with Gasteiger partial charge >= 0.3 is 5.97 Å². The van der Waals surface area contributed by atoms with Crippen LogP contribution in [0.3, 0.4) is 0 Å². The summed E-state index contributed by atoms with van der Waals surface area (Å²) in [7, 11) is 0. The first-order chi connectivity index (χ1) is 8.56. The molecule has 1 aromatic heterocycles. The van der Waals surface area contributed by atoms with Gasteiger partial charge in [-0.1, -0.05) is 23.2 Å². The van der Waals surface area contributed by atoms with Gasteiger partial charge in [-0.05, 0) is 24.3 Å². The minimum absolute atomic E-state index is 0.135. The molecule has 0 saturated carbocycles. The Hall–Kier alpha value is -1.65. The molecule has 94 valence electrons. The molecule has 2 rings (SSSR count). The fraction of sp³-hybridized carbons (Fsp3) is 0.0833. The zero-order chi connectivity index (χ0) is 13.1. The van der Waals surface area contributed by atoms with E-state index in [9.17, 15) is 4.79 Å². The number of aromatic carboxylic acids is 1. The highest BCUT2D eigenvalue weighted by molar-refractivity contribution is 6.35. The monoisotopic (exact) mass is 285 g/mol. The molecule has 0 spiro atoms. The van der Waals surface area contributed by atoms with E-state index >= 15 is 0 Å². The summed E-state index contributed by atoms with van der Waals surface area (Å²) in [5.74, 6) is -0.678. The van der Waals surface area contributed by atoms with Crippen molar-refractivity contribution >= 4 is 34.9 Å². The predicted molar refractivity (Wildman–Crippen MR) is 69.5 cm³/mol. The van der Waals surface area contributed by atoms with Gasteiger partial charge in [0.15, 0.2) is 0 Å². The standard InChI is InChI=1S/C12H9Cl2NO3/c13-7-3-8(14)5-9(4-7)15-6-11-10(12(16)17)1-2-18-11/h1-5,15H,6H2,(H,16,17). The van der Waals surface area contributed by atoms with Crippen LogP contribution in [0.1, 0.15) is 16.1 Å². The van der Waals surface area contributed by atoms with Crippen LogP contribution in [0.4, 0.5) is 5.69 Å². The number of carboxylic acid groups (broad SMARTS) is 1. The van der Waals surface area contributed by atoms with Crippen molar-refractivity contribution in [3.8, 4) is 0 Å². The second kappa shape index (κ2) is 5.33. The molecular weight excluding hydrogens is 277 g/mol. The summed E-state index contributed by atoms with van der Waals surface area (Å²) in [6, 6.07) is 6.40. The minimum Gasteiger partial charge on any atom is -0.478 e. The summed E-state index contributed by atoms with van der Waals surface area (Å²) in [5.41, 5.74) is 0.830. The Balaban J connectivity index is 2.11. The van der Waals surface area contributed by atoms with Crippen LogP contribution in [0.25, 0.3) is 0 Å². The van der Waals surface area contributed by atoms with E-state index in [4.69, 9.17) is 32.7 Å². The maximum absolute atomic E-state index is 10.9. The van der Waals surface area contributed by atoms with Gasteiger partial charge in [-0.15, -0.1) is 0 Å². The van der Waals surface area contributed by atoms with Gasteiger partial charge in [0.25, 0.3) is 0 Å². The van der Waals surface area contributed by atoms with Crippen molar-refractivity contribution < 1.29 is 14.3 Å². The van der Waals surface area contributed by atoms with Crippen molar-refractivity contribution in [3.05, 3.63) is 51.9 Å². The number of halogens is 2. The summed E-state index contributed by atoms with van der Waals surface area (Å²) < 4.78 is 5.10. The van der Waals surface area contributed by atoms with E-state index in [1.165, 1.54) is 12.3 Å². The third-order valence-electron chi connectivity index (χ3n) is 2.29. The molecule has 0 aliphatic heterocycles. The molecule has 18 heavy (non-hydrogen) atoms. The summed E-state index contributed by atoms with van der Waals surface area (Å²) in [6.07, 6.45) is 1.34. The molecule has 0 aliphatic rings. The highest BCUT2D eigenvalue weighted by Gasteiger charge is 2.12. The zero-order valence-corrected chi connectivity index (χ0v) is 10.6. The first-order valence-corrected chi connectivity index (χ1v) is 5.81. The van der Waals surface area contributed by atoms with E-state index in [1.54, 1.807) is 18.2 Å². The Labute approximate surface area is 113 Å². The molecule has 1 heterocycles. The number of anilines is 1. The van der Waals surface area contributed by atoms with Crippen LogP contribution in [0, 0.1) is 0 Å². The Bertz CT molecular complexity index is 560. The smallest absolute Gasteiger partial charge is 0.339 e. The van der Waals surface area contributed by atoms with E-state index in [-0.39, 0.29) is 12.1 Å². The number of carbonyl (C=O) groups is 1. The highest BCUT2D eigenvalue weighted by atomic mass is 35.5. The molecule has 2 N–H and O–H groups in total. The predicted octanol–water partition coefficient (Wildman–Crippen LogP) is 3.90. The lowest BCUT2D eigenvalue weighted by Crippen LogP contribution is -2.04. The highest BCUT2D eigenvalue weighted by Crippen LogP contribution is 2.23. The summed E-state index contributed by atoms with van der Waals surface area (Å²) in [5, 5.41) is 12.9. The fourth-order valence-electron chi connectivity index (χ4n) is 1.51. The van der Waals surface area contributed by atoms with Crippen molar-refractivity contribution in [3.63, 3.8) is 0 Å². The molecule has 0 unspecified atom stereocenters. The van der Waals surface area contributed by atoms with Crippen LogP contribution < -0.4 is 5.32 Å². The first-order valence-electron chi connectivity index (χ1n) is 5.06. The lowest BCUT2D eigenvalue weighted by atomic mass is 10.2. The van der Waals surface area contributed by atoms with E-state index in [0.29, 0.717) is 21.5 Å². The number of furan rings is 1. The van der Waals surface area contributed by atoms with Gasteiger partial charge < -0.3 is 14.8 Å². The molecular formula is C12H9Cl2NO3. The van der Waals surface area contributed by atoms with Crippen LogP contribution in [0.15, 0.2) is 34.9 Å². The van der Waals surface area contributed by atoms with Crippen molar-refractivity contribution in [2.45, 2.75) is 6.54 Å². The number of hydrogen-bond donors (Lipinski definition) is 2. The number of carboxylic acids is 1. The SMILES string of the molecule is O=C(O)c1ccoc1CNc1cc(Cl)cc(Cl)c1. The number of rotatable bonds is 4. The van der Waals surface area contributed by atoms with Gasteiger partial charge in [0, 0.05) is 15.7 Å². The largest absolute Gasteiger partial charge is 0.478 e. The second-order valence-electron chi connectivity index (χ2n) is 3.57. The zero-order valence-electron chi connectivity index (χ0n) is 9.11. The Morgan fingerprint density at radius 2 is 1.94 bits per heavy atom. The van der Waals surface area contributed by atoms with Crippen LogP contribution in [0.5, 0.6) is 0 Å². The summed E-state index contributed by atoms with van der Waals surface area (Å²) >= 11 is 11.7. The lowest BCUT2D eigenvalue weighted by molar-refractivity contribution is 0.0694. The van der Waals surface area contributed by atoms with Gasteiger partial charge in [-0.25, -0.2) is 4.79 Å². The second-order valence-corrected chi connectivity index (χ2v) is 4.45. The van der Waals surface area contributed by atoms with Crippen LogP contribution >= 0.6 is 23.2 Å². The van der Waals surface area contributed by atoms with E-state index in [2.05, 4.69) is 5.32 Å². The van der Waals surface area contributed by atoms with Crippen molar-refractivity contribution in [2.24, 2.45) is 0 Å². The third-order valence-corrected chi connectivity index (χ3v) is 2.73. The third kappa shape index (κ3) is 2.97. The lowest BCUT2D eigenvalue weighted by Gasteiger charge is -2.06. The quantitative estimate of drug-likeness (QED) is 0.894.